The molecule has 1 aliphatic heterocycles. The molecular weight excluding hydrogens is 302 g/mol. The van der Waals surface area contributed by atoms with Crippen LogP contribution in [-0.2, 0) is 11.3 Å². The van der Waals surface area contributed by atoms with E-state index in [0.717, 1.165) is 43.8 Å². The lowest BCUT2D eigenvalue weighted by Gasteiger charge is -2.23. The molecule has 24 heavy (non-hydrogen) atoms. The van der Waals surface area contributed by atoms with Crippen molar-refractivity contribution in [2.45, 2.75) is 38.3 Å². The standard InChI is InChI=1S/C18H21N5O/c24-17(9-6-12-21-10-3-4-11-21)22-14-5-7-15(22)18-20-19-16-8-1-2-13-23(16)18/h1-4,8,10-11,13,15H,5-7,9,12,14H2/t15-/m1/s1. The molecule has 6 heteroatoms. The average Bonchev–Trinajstić information content (AvgIpc) is 3.34. The van der Waals surface area contributed by atoms with Gasteiger partial charge in [-0.05, 0) is 43.5 Å². The number of carbonyl (C=O) groups excluding carboxylic acids is 1. The summed E-state index contributed by atoms with van der Waals surface area (Å²) in [5.74, 6) is 1.10. The number of aromatic nitrogens is 4. The van der Waals surface area contributed by atoms with Gasteiger partial charge in [-0.2, -0.15) is 0 Å². The van der Waals surface area contributed by atoms with Crippen LogP contribution in [-0.4, -0.2) is 36.5 Å². The highest BCUT2D eigenvalue weighted by Crippen LogP contribution is 2.31. The smallest absolute Gasteiger partial charge is 0.223 e. The fourth-order valence-electron chi connectivity index (χ4n) is 3.50. The zero-order chi connectivity index (χ0) is 16.4. The first-order valence-corrected chi connectivity index (χ1v) is 8.53. The molecule has 0 aliphatic carbocycles. The summed E-state index contributed by atoms with van der Waals surface area (Å²) in [6.45, 7) is 1.69. The van der Waals surface area contributed by atoms with E-state index in [0.29, 0.717) is 6.42 Å². The van der Waals surface area contributed by atoms with Gasteiger partial charge in [0.25, 0.3) is 0 Å². The third-order valence-corrected chi connectivity index (χ3v) is 4.68. The highest BCUT2D eigenvalue weighted by Gasteiger charge is 2.32. The van der Waals surface area contributed by atoms with Gasteiger partial charge in [-0.25, -0.2) is 0 Å². The van der Waals surface area contributed by atoms with Gasteiger partial charge in [0.2, 0.25) is 5.91 Å². The molecule has 1 amide bonds. The molecule has 3 aromatic rings. The Bertz CT molecular complexity index is 823. The van der Waals surface area contributed by atoms with Crippen LogP contribution in [0.5, 0.6) is 0 Å². The number of fused-ring (bicyclic) bond motifs is 1. The predicted molar refractivity (Wildman–Crippen MR) is 90.3 cm³/mol. The lowest BCUT2D eigenvalue weighted by Crippen LogP contribution is -2.31. The minimum absolute atomic E-state index is 0.0430. The first-order valence-electron chi connectivity index (χ1n) is 8.53. The molecule has 3 aromatic heterocycles. The van der Waals surface area contributed by atoms with Crippen molar-refractivity contribution >= 4 is 11.6 Å². The van der Waals surface area contributed by atoms with E-state index in [9.17, 15) is 4.79 Å². The van der Waals surface area contributed by atoms with Crippen molar-refractivity contribution in [2.75, 3.05) is 6.54 Å². The number of likely N-dealkylation sites (tertiary alicyclic amines) is 1. The van der Waals surface area contributed by atoms with Crippen LogP contribution in [0.2, 0.25) is 0 Å². The molecule has 124 valence electrons. The zero-order valence-corrected chi connectivity index (χ0v) is 13.6. The molecule has 0 bridgehead atoms. The number of hydrogen-bond donors (Lipinski definition) is 0. The number of rotatable bonds is 5. The fourth-order valence-corrected chi connectivity index (χ4v) is 3.50. The van der Waals surface area contributed by atoms with Crippen LogP contribution in [0.15, 0.2) is 48.9 Å². The molecule has 4 heterocycles. The Hall–Kier alpha value is -2.63. The van der Waals surface area contributed by atoms with E-state index in [1.165, 1.54) is 0 Å². The molecule has 0 radical (unpaired) electrons. The van der Waals surface area contributed by atoms with Crippen molar-refractivity contribution in [3.05, 3.63) is 54.7 Å². The van der Waals surface area contributed by atoms with Crippen LogP contribution in [0.3, 0.4) is 0 Å². The van der Waals surface area contributed by atoms with E-state index in [2.05, 4.69) is 14.8 Å². The zero-order valence-electron chi connectivity index (χ0n) is 13.6. The molecule has 0 unspecified atom stereocenters. The summed E-state index contributed by atoms with van der Waals surface area (Å²) in [7, 11) is 0. The lowest BCUT2D eigenvalue weighted by molar-refractivity contribution is -0.132. The number of nitrogens with zero attached hydrogens (tertiary/aromatic N) is 5. The topological polar surface area (TPSA) is 55.4 Å². The molecule has 1 fully saturated rings. The van der Waals surface area contributed by atoms with Crippen molar-refractivity contribution in [2.24, 2.45) is 0 Å². The minimum atomic E-state index is 0.0430. The predicted octanol–water partition coefficient (Wildman–Crippen LogP) is 2.67. The van der Waals surface area contributed by atoms with Crippen LogP contribution in [0, 0.1) is 0 Å². The normalized spacial score (nSPS) is 17.7. The first kappa shape index (κ1) is 14.9. The van der Waals surface area contributed by atoms with Crippen LogP contribution in [0.4, 0.5) is 0 Å². The van der Waals surface area contributed by atoms with Crippen LogP contribution in [0.25, 0.3) is 5.65 Å². The van der Waals surface area contributed by atoms with E-state index in [1.54, 1.807) is 0 Å². The highest BCUT2D eigenvalue weighted by molar-refractivity contribution is 5.76. The maximum absolute atomic E-state index is 12.7. The molecule has 1 atom stereocenters. The van der Waals surface area contributed by atoms with Gasteiger partial charge in [-0.1, -0.05) is 6.07 Å². The largest absolute Gasteiger partial charge is 0.354 e. The Balaban J connectivity index is 1.45. The quantitative estimate of drug-likeness (QED) is 0.725. The summed E-state index contributed by atoms with van der Waals surface area (Å²) in [6, 6.07) is 9.92. The van der Waals surface area contributed by atoms with Gasteiger partial charge in [0, 0.05) is 38.1 Å². The Morgan fingerprint density at radius 3 is 2.83 bits per heavy atom. The monoisotopic (exact) mass is 323 g/mol. The Labute approximate surface area is 140 Å². The second-order valence-electron chi connectivity index (χ2n) is 6.26. The maximum Gasteiger partial charge on any atom is 0.223 e. The number of pyridine rings is 1. The van der Waals surface area contributed by atoms with E-state index < -0.39 is 0 Å². The summed E-state index contributed by atoms with van der Waals surface area (Å²) in [4.78, 5) is 14.7. The van der Waals surface area contributed by atoms with Crippen LogP contribution in [0.1, 0.15) is 37.5 Å². The van der Waals surface area contributed by atoms with Gasteiger partial charge in [-0.3, -0.25) is 9.20 Å². The van der Waals surface area contributed by atoms with Gasteiger partial charge in [0.1, 0.15) is 0 Å². The number of carbonyl (C=O) groups is 1. The molecule has 0 saturated carbocycles. The molecule has 1 saturated heterocycles. The van der Waals surface area contributed by atoms with E-state index in [1.807, 2.05) is 58.2 Å². The SMILES string of the molecule is O=C(CCCn1cccc1)N1CCC[C@@H]1c1nnc2ccccn12. The van der Waals surface area contributed by atoms with E-state index >= 15 is 0 Å². The van der Waals surface area contributed by atoms with E-state index in [-0.39, 0.29) is 11.9 Å². The van der Waals surface area contributed by atoms with Gasteiger partial charge in [0.15, 0.2) is 11.5 Å². The number of amides is 1. The van der Waals surface area contributed by atoms with Crippen molar-refractivity contribution in [1.82, 2.24) is 24.1 Å². The Morgan fingerprint density at radius 1 is 1.12 bits per heavy atom. The number of hydrogen-bond acceptors (Lipinski definition) is 3. The summed E-state index contributed by atoms with van der Waals surface area (Å²) < 4.78 is 4.11. The molecule has 1 aliphatic rings. The highest BCUT2D eigenvalue weighted by atomic mass is 16.2. The summed E-state index contributed by atoms with van der Waals surface area (Å²) in [6.07, 6.45) is 9.45. The minimum Gasteiger partial charge on any atom is -0.354 e. The third-order valence-electron chi connectivity index (χ3n) is 4.68. The van der Waals surface area contributed by atoms with Gasteiger partial charge in [-0.15, -0.1) is 10.2 Å². The van der Waals surface area contributed by atoms with Gasteiger partial charge >= 0.3 is 0 Å². The van der Waals surface area contributed by atoms with E-state index in [4.69, 9.17) is 0 Å². The molecule has 0 spiro atoms. The second-order valence-corrected chi connectivity index (χ2v) is 6.26. The van der Waals surface area contributed by atoms with Crippen molar-refractivity contribution in [1.29, 1.82) is 0 Å². The van der Waals surface area contributed by atoms with Crippen LogP contribution >= 0.6 is 0 Å². The lowest BCUT2D eigenvalue weighted by atomic mass is 10.2. The van der Waals surface area contributed by atoms with Crippen LogP contribution < -0.4 is 0 Å². The average molecular weight is 323 g/mol. The van der Waals surface area contributed by atoms with Gasteiger partial charge < -0.3 is 9.47 Å². The first-order chi connectivity index (χ1) is 11.8. The summed E-state index contributed by atoms with van der Waals surface area (Å²) in [5, 5.41) is 8.57. The van der Waals surface area contributed by atoms with Gasteiger partial charge in [0.05, 0.1) is 6.04 Å². The molecular formula is C18H21N5O. The molecule has 0 N–H and O–H groups in total. The van der Waals surface area contributed by atoms with Crippen molar-refractivity contribution < 1.29 is 4.79 Å². The molecule has 4 rings (SSSR count). The van der Waals surface area contributed by atoms with Crippen molar-refractivity contribution in [3.8, 4) is 0 Å². The molecule has 6 nitrogen and oxygen atoms in total. The summed E-state index contributed by atoms with van der Waals surface area (Å²) in [5.41, 5.74) is 0.833. The van der Waals surface area contributed by atoms with Crippen molar-refractivity contribution in [3.63, 3.8) is 0 Å². The second kappa shape index (κ2) is 6.47. The Kier molecular flexibility index (Phi) is 4.02. The number of aryl methyl sites for hydroxylation is 1. The third kappa shape index (κ3) is 2.79. The molecule has 0 aromatic carbocycles. The summed E-state index contributed by atoms with van der Waals surface area (Å²) >= 11 is 0. The maximum atomic E-state index is 12.7. The fraction of sp³-hybridized carbons (Fsp3) is 0.389. The Morgan fingerprint density at radius 2 is 1.96 bits per heavy atom.